The van der Waals surface area contributed by atoms with E-state index in [-0.39, 0.29) is 24.9 Å². The summed E-state index contributed by atoms with van der Waals surface area (Å²) >= 11 is 0. The van der Waals surface area contributed by atoms with E-state index in [1.165, 1.54) is 7.11 Å². The van der Waals surface area contributed by atoms with Crippen LogP contribution in [-0.4, -0.2) is 43.3 Å². The van der Waals surface area contributed by atoms with Crippen LogP contribution in [0.3, 0.4) is 0 Å². The van der Waals surface area contributed by atoms with Gasteiger partial charge >= 0.3 is 5.97 Å². The number of aliphatic hydroxyl groups excluding tert-OH is 1. The van der Waals surface area contributed by atoms with Gasteiger partial charge in [-0.25, -0.2) is 0 Å². The lowest BCUT2D eigenvalue weighted by Gasteiger charge is -2.41. The first-order chi connectivity index (χ1) is 10.1. The predicted molar refractivity (Wildman–Crippen MR) is 76.7 cm³/mol. The molecule has 0 saturated carbocycles. The van der Waals surface area contributed by atoms with Crippen molar-refractivity contribution in [1.29, 1.82) is 0 Å². The van der Waals surface area contributed by atoms with Crippen molar-refractivity contribution >= 4 is 5.97 Å². The molecule has 2 rings (SSSR count). The molecule has 1 aromatic rings. The van der Waals surface area contributed by atoms with Crippen LogP contribution in [0.5, 0.6) is 0 Å². The lowest BCUT2D eigenvalue weighted by molar-refractivity contribution is -0.267. The summed E-state index contributed by atoms with van der Waals surface area (Å²) in [6.07, 6.45) is -0.182. The highest BCUT2D eigenvalue weighted by atomic mass is 16.7. The van der Waals surface area contributed by atoms with Crippen LogP contribution >= 0.6 is 0 Å². The lowest BCUT2D eigenvalue weighted by atomic mass is 9.84. The molecule has 5 heteroatoms. The van der Waals surface area contributed by atoms with E-state index in [0.29, 0.717) is 13.0 Å². The van der Waals surface area contributed by atoms with E-state index in [0.717, 1.165) is 5.56 Å². The number of rotatable bonds is 5. The summed E-state index contributed by atoms with van der Waals surface area (Å²) in [7, 11) is 1.51. The number of carbonyl (C=O) groups excluding carboxylic acids is 1. The number of carbonyl (C=O) groups is 1. The van der Waals surface area contributed by atoms with Gasteiger partial charge in [-0.1, -0.05) is 30.3 Å². The van der Waals surface area contributed by atoms with Gasteiger partial charge in [-0.3, -0.25) is 4.79 Å². The zero-order valence-electron chi connectivity index (χ0n) is 12.5. The molecule has 1 fully saturated rings. The molecule has 116 valence electrons. The number of aliphatic hydroxyl groups is 1. The molecule has 0 amide bonds. The van der Waals surface area contributed by atoms with Crippen LogP contribution in [0.15, 0.2) is 30.3 Å². The molecule has 1 saturated heterocycles. The molecule has 0 bridgehead atoms. The van der Waals surface area contributed by atoms with E-state index in [1.54, 1.807) is 6.92 Å². The van der Waals surface area contributed by atoms with Crippen LogP contribution in [0, 0.1) is 0 Å². The summed E-state index contributed by atoms with van der Waals surface area (Å²) in [5.41, 5.74) is 1.01. The van der Waals surface area contributed by atoms with Gasteiger partial charge in [-0.15, -0.1) is 0 Å². The second-order valence-corrected chi connectivity index (χ2v) is 5.20. The first-order valence-corrected chi connectivity index (χ1v) is 7.18. The monoisotopic (exact) mass is 294 g/mol. The van der Waals surface area contributed by atoms with Crippen molar-refractivity contribution < 1.29 is 24.1 Å². The third-order valence-corrected chi connectivity index (χ3v) is 3.83. The van der Waals surface area contributed by atoms with Gasteiger partial charge < -0.3 is 19.3 Å². The Morgan fingerprint density at radius 1 is 1.43 bits per heavy atom. The first-order valence-electron chi connectivity index (χ1n) is 7.18. The van der Waals surface area contributed by atoms with Crippen molar-refractivity contribution in [3.05, 3.63) is 35.9 Å². The molecule has 5 nitrogen and oxygen atoms in total. The Bertz CT molecular complexity index is 461. The number of esters is 1. The molecular formula is C16H22O5. The van der Waals surface area contributed by atoms with E-state index in [9.17, 15) is 9.90 Å². The van der Waals surface area contributed by atoms with Gasteiger partial charge in [0.25, 0.3) is 0 Å². The maximum atomic E-state index is 11.8. The number of hydrogen-bond donors (Lipinski definition) is 1. The van der Waals surface area contributed by atoms with E-state index >= 15 is 0 Å². The fraction of sp³-hybridized carbons (Fsp3) is 0.562. The molecule has 0 spiro atoms. The van der Waals surface area contributed by atoms with Gasteiger partial charge in [0, 0.05) is 19.4 Å². The zero-order chi connectivity index (χ0) is 15.3. The number of ether oxygens (including phenoxy) is 3. The highest BCUT2D eigenvalue weighted by Crippen LogP contribution is 2.38. The van der Waals surface area contributed by atoms with Crippen molar-refractivity contribution in [2.45, 2.75) is 37.6 Å². The summed E-state index contributed by atoms with van der Waals surface area (Å²) in [5.74, 6) is -1.52. The third kappa shape index (κ3) is 3.81. The van der Waals surface area contributed by atoms with Crippen molar-refractivity contribution in [2.75, 3.05) is 20.3 Å². The molecule has 1 heterocycles. The minimum Gasteiger partial charge on any atom is -0.466 e. The van der Waals surface area contributed by atoms with Crippen LogP contribution < -0.4 is 0 Å². The molecule has 0 aliphatic carbocycles. The maximum Gasteiger partial charge on any atom is 0.311 e. The van der Waals surface area contributed by atoms with Gasteiger partial charge in [0.15, 0.2) is 5.79 Å². The van der Waals surface area contributed by atoms with Crippen molar-refractivity contribution in [2.24, 2.45) is 0 Å². The van der Waals surface area contributed by atoms with Crippen molar-refractivity contribution in [3.8, 4) is 0 Å². The van der Waals surface area contributed by atoms with Gasteiger partial charge in [0.05, 0.1) is 25.7 Å². The minimum absolute atomic E-state index is 0.0212. The van der Waals surface area contributed by atoms with Gasteiger partial charge in [-0.2, -0.15) is 0 Å². The first kappa shape index (κ1) is 15.9. The van der Waals surface area contributed by atoms with Crippen LogP contribution in [0.1, 0.15) is 31.2 Å². The van der Waals surface area contributed by atoms with Crippen molar-refractivity contribution in [3.63, 3.8) is 0 Å². The number of methoxy groups -OCH3 is 1. The maximum absolute atomic E-state index is 11.8. The summed E-state index contributed by atoms with van der Waals surface area (Å²) in [6.45, 7) is 2.21. The molecule has 0 aromatic heterocycles. The van der Waals surface area contributed by atoms with Gasteiger partial charge in [0.2, 0.25) is 0 Å². The normalized spacial score (nSPS) is 29.1. The fourth-order valence-corrected chi connectivity index (χ4v) is 2.69. The number of hydrogen-bond acceptors (Lipinski definition) is 5. The molecule has 1 N–H and O–H groups in total. The topological polar surface area (TPSA) is 65.0 Å². The molecule has 1 aliphatic heterocycles. The predicted octanol–water partition coefficient (Wildman–Crippen LogP) is 1.85. The number of benzene rings is 1. The Labute approximate surface area is 124 Å². The van der Waals surface area contributed by atoms with Crippen LogP contribution in [-0.2, 0) is 19.0 Å². The van der Waals surface area contributed by atoms with Crippen molar-refractivity contribution in [1.82, 2.24) is 0 Å². The summed E-state index contributed by atoms with van der Waals surface area (Å²) < 4.78 is 16.1. The molecular weight excluding hydrogens is 272 g/mol. The van der Waals surface area contributed by atoms with Crippen LogP contribution in [0.4, 0.5) is 0 Å². The highest BCUT2D eigenvalue weighted by Gasteiger charge is 2.44. The highest BCUT2D eigenvalue weighted by molar-refractivity contribution is 5.70. The largest absolute Gasteiger partial charge is 0.466 e. The Morgan fingerprint density at radius 3 is 2.76 bits per heavy atom. The molecule has 1 aliphatic rings. The van der Waals surface area contributed by atoms with E-state index in [1.807, 2.05) is 30.3 Å². The SMILES string of the molecule is CCOC(=O)C[C@@]1(OC)C[C@@H](c2ccccc2)[C@H](O)CO1. The van der Waals surface area contributed by atoms with E-state index in [2.05, 4.69) is 0 Å². The van der Waals surface area contributed by atoms with E-state index < -0.39 is 11.9 Å². The average molecular weight is 294 g/mol. The molecule has 1 aromatic carbocycles. The minimum atomic E-state index is -1.04. The summed E-state index contributed by atoms with van der Waals surface area (Å²) in [4.78, 5) is 11.8. The standard InChI is InChI=1S/C16H22O5/c1-3-20-15(18)10-16(19-2)9-13(14(17)11-21-16)12-7-5-4-6-8-12/h4-8,13-14,17H,3,9-11H2,1-2H3/t13-,14+,16+/m0/s1. The van der Waals surface area contributed by atoms with E-state index in [4.69, 9.17) is 14.2 Å². The van der Waals surface area contributed by atoms with Crippen LogP contribution in [0.2, 0.25) is 0 Å². The second kappa shape index (κ2) is 7.02. The Balaban J connectivity index is 2.15. The Morgan fingerprint density at radius 2 is 2.14 bits per heavy atom. The summed E-state index contributed by atoms with van der Waals surface area (Å²) in [5, 5.41) is 10.2. The molecule has 3 atom stereocenters. The van der Waals surface area contributed by atoms with Gasteiger partial charge in [0.1, 0.15) is 0 Å². The zero-order valence-corrected chi connectivity index (χ0v) is 12.5. The fourth-order valence-electron chi connectivity index (χ4n) is 2.69. The smallest absolute Gasteiger partial charge is 0.311 e. The second-order valence-electron chi connectivity index (χ2n) is 5.20. The lowest BCUT2D eigenvalue weighted by Crippen LogP contribution is -2.48. The average Bonchev–Trinajstić information content (AvgIpc) is 2.50. The molecule has 0 radical (unpaired) electrons. The van der Waals surface area contributed by atoms with Gasteiger partial charge in [-0.05, 0) is 12.5 Å². The Kier molecular flexibility index (Phi) is 5.33. The van der Waals surface area contributed by atoms with Crippen LogP contribution in [0.25, 0.3) is 0 Å². The quantitative estimate of drug-likeness (QED) is 0.840. The molecule has 0 unspecified atom stereocenters. The molecule has 21 heavy (non-hydrogen) atoms. The summed E-state index contributed by atoms with van der Waals surface area (Å²) in [6, 6.07) is 9.71. The Hall–Kier alpha value is -1.43. The third-order valence-electron chi connectivity index (χ3n) is 3.83.